The van der Waals surface area contributed by atoms with E-state index >= 15 is 0 Å². The molecule has 1 aliphatic rings. The van der Waals surface area contributed by atoms with Crippen molar-refractivity contribution in [2.24, 2.45) is 5.10 Å². The van der Waals surface area contributed by atoms with E-state index in [1.807, 2.05) is 66.7 Å². The van der Waals surface area contributed by atoms with Crippen LogP contribution >= 0.6 is 0 Å². The van der Waals surface area contributed by atoms with Gasteiger partial charge in [0.1, 0.15) is 6.10 Å². The molecule has 2 atom stereocenters. The number of esters is 1. The molecule has 0 saturated carbocycles. The summed E-state index contributed by atoms with van der Waals surface area (Å²) in [6.45, 7) is 0.812. The lowest BCUT2D eigenvalue weighted by atomic mass is 9.99. The lowest BCUT2D eigenvalue weighted by Gasteiger charge is -2.37. The summed E-state index contributed by atoms with van der Waals surface area (Å²) in [6.07, 6.45) is 9.63. The van der Waals surface area contributed by atoms with Gasteiger partial charge in [0.25, 0.3) is 5.91 Å². The van der Waals surface area contributed by atoms with Crippen molar-refractivity contribution in [2.45, 2.75) is 76.5 Å². The van der Waals surface area contributed by atoms with E-state index in [4.69, 9.17) is 24.2 Å². The first-order chi connectivity index (χ1) is 26.3. The summed E-state index contributed by atoms with van der Waals surface area (Å²) in [5.74, 6) is -0.377. The van der Waals surface area contributed by atoms with Crippen molar-refractivity contribution in [1.82, 2.24) is 15.8 Å². The lowest BCUT2D eigenvalue weighted by Crippen LogP contribution is -2.47. The number of amides is 3. The van der Waals surface area contributed by atoms with Gasteiger partial charge in [0, 0.05) is 38.5 Å². The topological polar surface area (TPSA) is 165 Å². The zero-order chi connectivity index (χ0) is 38.5. The molecule has 0 unspecified atom stereocenters. The third kappa shape index (κ3) is 13.2. The lowest BCUT2D eigenvalue weighted by molar-refractivity contribution is -0.159. The van der Waals surface area contributed by atoms with Crippen molar-refractivity contribution < 1.29 is 43.3 Å². The maximum absolute atomic E-state index is 13.8. The van der Waals surface area contributed by atoms with Crippen LogP contribution in [0.1, 0.15) is 90.9 Å². The minimum atomic E-state index is -0.740. The summed E-state index contributed by atoms with van der Waals surface area (Å²) in [5, 5.41) is 12.7. The van der Waals surface area contributed by atoms with E-state index in [1.165, 1.54) is 13.3 Å². The molecule has 4 rings (SSSR count). The molecule has 3 aromatic rings. The van der Waals surface area contributed by atoms with Crippen molar-refractivity contribution in [1.29, 1.82) is 0 Å². The minimum Gasteiger partial charge on any atom is -0.493 e. The summed E-state index contributed by atoms with van der Waals surface area (Å²) >= 11 is 0. The Kier molecular flexibility index (Phi) is 17.2. The van der Waals surface area contributed by atoms with Crippen molar-refractivity contribution >= 4 is 29.9 Å². The van der Waals surface area contributed by atoms with Gasteiger partial charge >= 0.3 is 5.97 Å². The van der Waals surface area contributed by atoms with Crippen LogP contribution in [0.3, 0.4) is 0 Å². The molecule has 0 fully saturated rings. The first-order valence-electron chi connectivity index (χ1n) is 18.2. The summed E-state index contributed by atoms with van der Waals surface area (Å²) in [6, 6.07) is 21.1. The molecule has 3 aromatic carbocycles. The average molecular weight is 743 g/mol. The molecular formula is C41H50N4O9. The number of unbranched alkanes of at least 4 members (excludes halogenated alkanes) is 3. The number of hydrogen-bond acceptors (Lipinski definition) is 10. The van der Waals surface area contributed by atoms with E-state index in [-0.39, 0.29) is 44.3 Å². The van der Waals surface area contributed by atoms with Crippen molar-refractivity contribution in [2.75, 3.05) is 27.4 Å². The fourth-order valence-electron chi connectivity index (χ4n) is 6.01. The monoisotopic (exact) mass is 742 g/mol. The Bertz CT molecular complexity index is 1730. The Morgan fingerprint density at radius 2 is 1.70 bits per heavy atom. The molecule has 3 N–H and O–H groups in total. The summed E-state index contributed by atoms with van der Waals surface area (Å²) in [4.78, 5) is 52.6. The maximum atomic E-state index is 13.8. The Morgan fingerprint density at radius 1 is 0.926 bits per heavy atom. The molecule has 288 valence electrons. The van der Waals surface area contributed by atoms with Gasteiger partial charge < -0.3 is 23.8 Å². The van der Waals surface area contributed by atoms with Crippen LogP contribution in [0.4, 0.5) is 0 Å². The van der Waals surface area contributed by atoms with Gasteiger partial charge in [-0.15, -0.1) is 0 Å². The van der Waals surface area contributed by atoms with Crippen LogP contribution in [-0.2, 0) is 30.4 Å². The summed E-state index contributed by atoms with van der Waals surface area (Å²) in [7, 11) is 3.06. The number of hydrogen-bond donors (Lipinski definition) is 3. The van der Waals surface area contributed by atoms with Crippen LogP contribution in [0.15, 0.2) is 90.0 Å². The second-order valence-electron chi connectivity index (χ2n) is 12.8. The molecule has 13 heteroatoms. The average Bonchev–Trinajstić information content (AvgIpc) is 3.19. The highest BCUT2D eigenvalue weighted by atomic mass is 16.5. The number of carbonyl (C=O) groups is 4. The van der Waals surface area contributed by atoms with Crippen LogP contribution in [-0.4, -0.2) is 73.5 Å². The molecule has 3 amide bonds. The summed E-state index contributed by atoms with van der Waals surface area (Å²) < 4.78 is 23.0. The van der Waals surface area contributed by atoms with Crippen molar-refractivity contribution in [3.8, 4) is 11.5 Å². The third-order valence-electron chi connectivity index (χ3n) is 8.79. The second kappa shape index (κ2) is 22.5. The molecular weight excluding hydrogens is 692 g/mol. The van der Waals surface area contributed by atoms with Gasteiger partial charge in [0.05, 0.1) is 32.6 Å². The van der Waals surface area contributed by atoms with E-state index in [2.05, 4.69) is 10.5 Å². The van der Waals surface area contributed by atoms with E-state index in [0.717, 1.165) is 30.4 Å². The molecule has 1 heterocycles. The molecule has 0 bridgehead atoms. The molecule has 13 nitrogen and oxygen atoms in total. The van der Waals surface area contributed by atoms with Gasteiger partial charge in [-0.25, -0.2) is 10.9 Å². The van der Waals surface area contributed by atoms with Crippen molar-refractivity contribution in [3.63, 3.8) is 0 Å². The molecule has 0 aromatic heterocycles. The van der Waals surface area contributed by atoms with Crippen LogP contribution in [0.5, 0.6) is 11.5 Å². The fraction of sp³-hybridized carbons (Fsp3) is 0.390. The fourth-order valence-corrected chi connectivity index (χ4v) is 6.01. The summed E-state index contributed by atoms with van der Waals surface area (Å²) in [5.41, 5.74) is 6.79. The SMILES string of the molecule is COC[C@H]1[C@H](c2ccccc2)OC(=O)CC/C=C/CCC(=O)N1Cc1cccc(/C=N/NC(=O)c2ccc(OCCCCCCC(=O)NO)c(OC)c2)c1. The number of hydroxylamine groups is 1. The molecule has 1 aliphatic heterocycles. The predicted molar refractivity (Wildman–Crippen MR) is 202 cm³/mol. The van der Waals surface area contributed by atoms with E-state index in [9.17, 15) is 19.2 Å². The number of methoxy groups -OCH3 is 2. The number of ether oxygens (including phenoxy) is 4. The van der Waals surface area contributed by atoms with Gasteiger partial charge in [0.15, 0.2) is 11.5 Å². The first-order valence-corrected chi connectivity index (χ1v) is 18.2. The van der Waals surface area contributed by atoms with Gasteiger partial charge in [0.2, 0.25) is 11.8 Å². The largest absolute Gasteiger partial charge is 0.493 e. The third-order valence-corrected chi connectivity index (χ3v) is 8.79. The number of benzene rings is 3. The van der Waals surface area contributed by atoms with E-state index in [1.54, 1.807) is 35.7 Å². The van der Waals surface area contributed by atoms with Crippen molar-refractivity contribution in [3.05, 3.63) is 107 Å². The second-order valence-corrected chi connectivity index (χ2v) is 12.8. The van der Waals surface area contributed by atoms with E-state index < -0.39 is 24.0 Å². The zero-order valence-corrected chi connectivity index (χ0v) is 30.9. The van der Waals surface area contributed by atoms with E-state index in [0.29, 0.717) is 48.5 Å². The highest BCUT2D eigenvalue weighted by Crippen LogP contribution is 2.30. The maximum Gasteiger partial charge on any atom is 0.306 e. The number of carbonyl (C=O) groups excluding carboxylic acids is 4. The quantitative estimate of drug-likeness (QED) is 0.0373. The van der Waals surface area contributed by atoms with Crippen LogP contribution in [0.25, 0.3) is 0 Å². The number of hydrazone groups is 1. The number of allylic oxidation sites excluding steroid dienone is 2. The van der Waals surface area contributed by atoms with Gasteiger partial charge in [-0.3, -0.25) is 24.4 Å². The highest BCUT2D eigenvalue weighted by molar-refractivity contribution is 5.95. The normalized spacial score (nSPS) is 17.2. The standard InChI is InChI=1S/C41H50N4O9/c1-51-29-34-40(32-17-8-7-9-18-32)54-39(48)21-12-4-3-11-20-38(47)45(34)28-31-16-14-15-30(25-31)27-42-43-41(49)33-22-23-35(36(26-33)52-2)53-24-13-6-5-10-19-37(46)44-50/h3-4,7-9,14-18,22-23,25-27,34,40,50H,5-6,10-13,19-21,24,28-29H2,1-2H3,(H,43,49)(H,44,46)/b4-3+,42-27+/t34-,40-/m0/s1. The van der Waals surface area contributed by atoms with Crippen LogP contribution < -0.4 is 20.4 Å². The Labute approximate surface area is 316 Å². The number of nitrogens with one attached hydrogen (secondary N) is 2. The molecule has 0 aliphatic carbocycles. The zero-order valence-electron chi connectivity index (χ0n) is 30.9. The minimum absolute atomic E-state index is 0.0977. The molecule has 54 heavy (non-hydrogen) atoms. The highest BCUT2D eigenvalue weighted by Gasteiger charge is 2.35. The molecule has 0 radical (unpaired) electrons. The smallest absolute Gasteiger partial charge is 0.306 e. The Morgan fingerprint density at radius 3 is 2.46 bits per heavy atom. The number of cyclic esters (lactones) is 1. The molecule has 0 saturated heterocycles. The molecule has 0 spiro atoms. The number of rotatable bonds is 17. The predicted octanol–water partition coefficient (Wildman–Crippen LogP) is 6.05. The first kappa shape index (κ1) is 41.2. The van der Waals surface area contributed by atoms with Gasteiger partial charge in [-0.05, 0) is 66.6 Å². The van der Waals surface area contributed by atoms with Crippen LogP contribution in [0.2, 0.25) is 0 Å². The van der Waals surface area contributed by atoms with Gasteiger partial charge in [-0.1, -0.05) is 73.5 Å². The van der Waals surface area contributed by atoms with Crippen LogP contribution in [0, 0.1) is 0 Å². The van der Waals surface area contributed by atoms with Gasteiger partial charge in [-0.2, -0.15) is 5.10 Å². The Balaban J connectivity index is 1.42. The Hall–Kier alpha value is -5.53. The number of nitrogens with zero attached hydrogens (tertiary/aromatic N) is 2.